The zero-order chi connectivity index (χ0) is 56.3. The van der Waals surface area contributed by atoms with E-state index in [0.29, 0.717) is 17.4 Å². The molecule has 1 amide bonds. The summed E-state index contributed by atoms with van der Waals surface area (Å²) >= 11 is 0. The van der Waals surface area contributed by atoms with Gasteiger partial charge in [-0.25, -0.2) is 4.57 Å². The number of allylic oxidation sites excluding steroid dienone is 23. The predicted molar refractivity (Wildman–Crippen MR) is 336 cm³/mol. The molecule has 0 fully saturated rings. The Morgan fingerprint density at radius 3 is 1.19 bits per heavy atom. The summed E-state index contributed by atoms with van der Waals surface area (Å²) in [6.45, 7) is 4.65. The first-order valence-electron chi connectivity index (χ1n) is 30.7. The number of carbonyl (C=O) groups excluding carboxylic acids is 1. The maximum atomic E-state index is 13.0. The fourth-order valence-corrected chi connectivity index (χ4v) is 8.76. The summed E-state index contributed by atoms with van der Waals surface area (Å²) in [5, 5.41) is 13.9. The Hall–Kier alpha value is -3.62. The SMILES string of the molecule is CC/C=C\C/C=C\C/C=C\C/C=C\C/C=C\C/C=C\C/C=C\C/C=C\C/C=C\C/C=C\CCCCCCCCCCCCC(=O)NC(COP(=O)(O)OCC[N+](C)(C)C)C(O)/C=C/CC/C=C/CCCCCCCCCC. The number of hydrogen-bond acceptors (Lipinski definition) is 5. The van der Waals surface area contributed by atoms with Gasteiger partial charge in [-0.05, 0) is 109 Å². The predicted octanol–water partition coefficient (Wildman–Crippen LogP) is 19.3. The number of amides is 1. The normalized spacial score (nSPS) is 14.8. The van der Waals surface area contributed by atoms with E-state index in [9.17, 15) is 19.4 Å². The molecule has 3 N–H and O–H groups in total. The van der Waals surface area contributed by atoms with Crippen LogP contribution in [0, 0.1) is 0 Å². The zero-order valence-electron chi connectivity index (χ0n) is 49.9. The molecule has 0 aromatic heterocycles. The largest absolute Gasteiger partial charge is 0.472 e. The van der Waals surface area contributed by atoms with Crippen LogP contribution in [-0.2, 0) is 18.4 Å². The van der Waals surface area contributed by atoms with Gasteiger partial charge in [-0.2, -0.15) is 0 Å². The second kappa shape index (κ2) is 57.1. The molecule has 0 spiro atoms. The summed E-state index contributed by atoms with van der Waals surface area (Å²) in [5.41, 5.74) is 0. The molecule has 77 heavy (non-hydrogen) atoms. The summed E-state index contributed by atoms with van der Waals surface area (Å²) in [6.07, 6.45) is 88.2. The Kier molecular flexibility index (Phi) is 54.4. The highest BCUT2D eigenvalue weighted by Gasteiger charge is 2.27. The molecule has 0 radical (unpaired) electrons. The van der Waals surface area contributed by atoms with Crippen molar-refractivity contribution in [3.05, 3.63) is 146 Å². The van der Waals surface area contributed by atoms with Crippen molar-refractivity contribution in [2.45, 2.75) is 238 Å². The molecule has 0 aliphatic carbocycles. The van der Waals surface area contributed by atoms with Crippen LogP contribution in [0.15, 0.2) is 146 Å². The highest BCUT2D eigenvalue weighted by molar-refractivity contribution is 7.47. The van der Waals surface area contributed by atoms with Gasteiger partial charge in [0, 0.05) is 6.42 Å². The van der Waals surface area contributed by atoms with E-state index in [1.165, 1.54) is 96.3 Å². The fraction of sp³-hybridized carbons (Fsp3) is 0.632. The Bertz CT molecular complexity index is 1760. The molecule has 0 bridgehead atoms. The molecule has 0 saturated carbocycles. The molecule has 0 saturated heterocycles. The standard InChI is InChI=1S/C68H115N2O6P/c1-6-8-10-12-14-16-18-20-22-23-24-25-26-27-28-29-30-31-32-33-34-35-36-37-38-39-40-41-42-43-44-45-46-47-48-50-52-54-56-58-60-62-68(72)69-66(65-76-77(73,74)75-64-63-70(3,4)5)67(71)61-59-57-55-53-51-49-21-19-17-15-13-11-9-7-2/h8,10,14,16,20,22,24-25,27-28,30-31,33-34,36-37,39-40,42-43,51,53,59,61,66-67,71H,6-7,9,11-13,15,17-19,21,23,26,29,32,35,38,41,44-50,52,54-58,60,62-65H2,1-5H3,(H-,69,72,73,74)/p+1/b10-8-,16-14-,22-20-,25-24-,28-27-,31-30-,34-33-,37-36-,40-39-,43-42-,53-51+,61-59+. The van der Waals surface area contributed by atoms with Gasteiger partial charge in [0.2, 0.25) is 5.91 Å². The maximum absolute atomic E-state index is 13.0. The highest BCUT2D eigenvalue weighted by Crippen LogP contribution is 2.43. The average molecular weight is 1090 g/mol. The van der Waals surface area contributed by atoms with Crippen LogP contribution in [-0.4, -0.2) is 73.4 Å². The molecule has 3 atom stereocenters. The third kappa shape index (κ3) is 59.9. The third-order valence-electron chi connectivity index (χ3n) is 12.8. The minimum atomic E-state index is -4.36. The van der Waals surface area contributed by atoms with Crippen molar-refractivity contribution in [1.82, 2.24) is 5.32 Å². The monoisotopic (exact) mass is 1090 g/mol. The lowest BCUT2D eigenvalue weighted by atomic mass is 10.0. The first-order valence-corrected chi connectivity index (χ1v) is 32.2. The van der Waals surface area contributed by atoms with Gasteiger partial charge in [0.15, 0.2) is 0 Å². The van der Waals surface area contributed by atoms with Crippen molar-refractivity contribution < 1.29 is 32.9 Å². The summed E-state index contributed by atoms with van der Waals surface area (Å²) < 4.78 is 23.7. The van der Waals surface area contributed by atoms with Gasteiger partial charge < -0.3 is 19.8 Å². The zero-order valence-corrected chi connectivity index (χ0v) is 50.8. The van der Waals surface area contributed by atoms with Crippen LogP contribution in [0.5, 0.6) is 0 Å². The van der Waals surface area contributed by atoms with Crippen molar-refractivity contribution in [3.8, 4) is 0 Å². The summed E-state index contributed by atoms with van der Waals surface area (Å²) in [5.74, 6) is -0.198. The molecule has 0 aliphatic heterocycles. The van der Waals surface area contributed by atoms with E-state index in [0.717, 1.165) is 109 Å². The number of phosphoric acid groups is 1. The summed E-state index contributed by atoms with van der Waals surface area (Å²) in [7, 11) is 1.53. The van der Waals surface area contributed by atoms with Gasteiger partial charge >= 0.3 is 7.82 Å². The van der Waals surface area contributed by atoms with E-state index >= 15 is 0 Å². The lowest BCUT2D eigenvalue weighted by molar-refractivity contribution is -0.870. The highest BCUT2D eigenvalue weighted by atomic mass is 31.2. The average Bonchev–Trinajstić information content (AvgIpc) is 3.39. The van der Waals surface area contributed by atoms with Gasteiger partial charge in [0.05, 0.1) is 39.9 Å². The van der Waals surface area contributed by atoms with E-state index in [2.05, 4.69) is 153 Å². The van der Waals surface area contributed by atoms with Crippen molar-refractivity contribution in [1.29, 1.82) is 0 Å². The molecule has 3 unspecified atom stereocenters. The topological polar surface area (TPSA) is 105 Å². The smallest absolute Gasteiger partial charge is 0.387 e. The first kappa shape index (κ1) is 73.4. The summed E-state index contributed by atoms with van der Waals surface area (Å²) in [6, 6.07) is -0.875. The van der Waals surface area contributed by atoms with E-state index in [1.54, 1.807) is 6.08 Å². The number of carbonyl (C=O) groups is 1. The Morgan fingerprint density at radius 2 is 0.792 bits per heavy atom. The second-order valence-corrected chi connectivity index (χ2v) is 22.8. The quantitative estimate of drug-likeness (QED) is 0.0243. The maximum Gasteiger partial charge on any atom is 0.472 e. The molecular formula is C68H116N2O6P+. The van der Waals surface area contributed by atoms with Crippen LogP contribution in [0.25, 0.3) is 0 Å². The number of unbranched alkanes of at least 4 members (excludes halogenated alkanes) is 19. The van der Waals surface area contributed by atoms with Gasteiger partial charge in [-0.15, -0.1) is 0 Å². The van der Waals surface area contributed by atoms with Crippen LogP contribution in [0.2, 0.25) is 0 Å². The molecular weight excluding hydrogens is 972 g/mol. The van der Waals surface area contributed by atoms with Crippen molar-refractivity contribution >= 4 is 13.7 Å². The molecule has 8 nitrogen and oxygen atoms in total. The van der Waals surface area contributed by atoms with E-state index in [-0.39, 0.29) is 19.1 Å². The number of hydrogen-bond donors (Lipinski definition) is 3. The molecule has 0 aliphatic rings. The van der Waals surface area contributed by atoms with E-state index < -0.39 is 20.0 Å². The molecule has 0 aromatic rings. The van der Waals surface area contributed by atoms with Gasteiger partial charge in [-0.3, -0.25) is 13.8 Å². The van der Waals surface area contributed by atoms with E-state index in [4.69, 9.17) is 9.05 Å². The van der Waals surface area contributed by atoms with Crippen LogP contribution in [0.3, 0.4) is 0 Å². The molecule has 0 heterocycles. The van der Waals surface area contributed by atoms with Crippen molar-refractivity contribution in [3.63, 3.8) is 0 Å². The van der Waals surface area contributed by atoms with Crippen LogP contribution in [0.1, 0.15) is 226 Å². The lowest BCUT2D eigenvalue weighted by Gasteiger charge is -2.25. The number of phosphoric ester groups is 1. The number of quaternary nitrogens is 1. The summed E-state index contributed by atoms with van der Waals surface area (Å²) in [4.78, 5) is 23.3. The number of aliphatic hydroxyl groups is 1. The Morgan fingerprint density at radius 1 is 0.455 bits per heavy atom. The van der Waals surface area contributed by atoms with Gasteiger partial charge in [-0.1, -0.05) is 256 Å². The second-order valence-electron chi connectivity index (χ2n) is 21.3. The number of nitrogens with zero attached hydrogens (tertiary/aromatic N) is 1. The minimum absolute atomic E-state index is 0.0487. The molecule has 9 heteroatoms. The van der Waals surface area contributed by atoms with Gasteiger partial charge in [0.1, 0.15) is 13.2 Å². The third-order valence-corrected chi connectivity index (χ3v) is 13.8. The fourth-order valence-electron chi connectivity index (χ4n) is 8.03. The molecule has 0 rings (SSSR count). The Balaban J connectivity index is 4.11. The first-order chi connectivity index (χ1) is 37.5. The minimum Gasteiger partial charge on any atom is -0.387 e. The number of likely N-dealkylation sites (N-methyl/N-ethyl adjacent to an activating group) is 1. The Labute approximate surface area is 474 Å². The number of rotatable bonds is 54. The number of aliphatic hydroxyl groups excluding tert-OH is 1. The van der Waals surface area contributed by atoms with Crippen molar-refractivity contribution in [2.75, 3.05) is 40.9 Å². The van der Waals surface area contributed by atoms with Crippen molar-refractivity contribution in [2.24, 2.45) is 0 Å². The lowest BCUT2D eigenvalue weighted by Crippen LogP contribution is -2.45. The van der Waals surface area contributed by atoms with Crippen LogP contribution >= 0.6 is 7.82 Å². The number of nitrogens with one attached hydrogen (secondary N) is 1. The van der Waals surface area contributed by atoms with E-state index in [1.807, 2.05) is 27.2 Å². The van der Waals surface area contributed by atoms with Gasteiger partial charge in [0.25, 0.3) is 0 Å². The van der Waals surface area contributed by atoms with Crippen LogP contribution < -0.4 is 5.32 Å². The molecule has 0 aromatic carbocycles. The molecule has 438 valence electrons. The van der Waals surface area contributed by atoms with Crippen LogP contribution in [0.4, 0.5) is 0 Å².